The molecule has 0 aliphatic carbocycles. The van der Waals surface area contributed by atoms with Crippen LogP contribution in [0.15, 0.2) is 0 Å². The third kappa shape index (κ3) is 6.49. The molecule has 9 heteroatoms. The average Bonchev–Trinajstić information content (AvgIpc) is 2.82. The first-order chi connectivity index (χ1) is 10.4. The van der Waals surface area contributed by atoms with Crippen molar-refractivity contribution in [3.8, 4) is 0 Å². The van der Waals surface area contributed by atoms with Gasteiger partial charge in [0, 0.05) is 19.6 Å². The summed E-state index contributed by atoms with van der Waals surface area (Å²) >= 11 is 0. The monoisotopic (exact) mass is 354 g/mol. The van der Waals surface area contributed by atoms with E-state index >= 15 is 0 Å². The number of hydrogen-bond donors (Lipinski definition) is 1. The third-order valence-electron chi connectivity index (χ3n) is 4.20. The fourth-order valence-electron chi connectivity index (χ4n) is 2.85. The first-order valence-electron chi connectivity index (χ1n) is 7.84. The standard InChI is InChI=1S/C13H26N2O5S2/c16-21(17)10-2-13(12-21)3-11-22(18,19)14-4-1-5-15-6-8-20-9-7-15/h13-14H,1-12H2. The zero-order chi connectivity index (χ0) is 16.1. The van der Waals surface area contributed by atoms with Gasteiger partial charge in [-0.25, -0.2) is 21.6 Å². The van der Waals surface area contributed by atoms with Gasteiger partial charge < -0.3 is 4.74 Å². The Morgan fingerprint density at radius 1 is 1.23 bits per heavy atom. The highest BCUT2D eigenvalue weighted by atomic mass is 32.2. The molecule has 0 bridgehead atoms. The van der Waals surface area contributed by atoms with E-state index in [0.717, 1.165) is 39.3 Å². The second-order valence-electron chi connectivity index (χ2n) is 6.08. The van der Waals surface area contributed by atoms with Gasteiger partial charge in [-0.2, -0.15) is 0 Å². The largest absolute Gasteiger partial charge is 0.379 e. The van der Waals surface area contributed by atoms with Gasteiger partial charge in [0.15, 0.2) is 9.84 Å². The topological polar surface area (TPSA) is 92.8 Å². The van der Waals surface area contributed by atoms with Gasteiger partial charge in [0.1, 0.15) is 0 Å². The van der Waals surface area contributed by atoms with Crippen molar-refractivity contribution in [2.45, 2.75) is 19.3 Å². The van der Waals surface area contributed by atoms with Crippen molar-refractivity contribution in [3.63, 3.8) is 0 Å². The van der Waals surface area contributed by atoms with Crippen LogP contribution in [0, 0.1) is 5.92 Å². The van der Waals surface area contributed by atoms with Crippen LogP contribution in [0.5, 0.6) is 0 Å². The predicted octanol–water partition coefficient (Wildman–Crippen LogP) is -0.547. The lowest BCUT2D eigenvalue weighted by molar-refractivity contribution is 0.0376. The summed E-state index contributed by atoms with van der Waals surface area (Å²) in [6, 6.07) is 0. The van der Waals surface area contributed by atoms with E-state index in [0.29, 0.717) is 19.4 Å². The Morgan fingerprint density at radius 3 is 2.59 bits per heavy atom. The number of sulfonamides is 1. The third-order valence-corrected chi connectivity index (χ3v) is 7.45. The molecule has 2 rings (SSSR count). The zero-order valence-corrected chi connectivity index (χ0v) is 14.5. The SMILES string of the molecule is O=S1(=O)CCC(CCS(=O)(=O)NCCCN2CCOCC2)C1. The van der Waals surface area contributed by atoms with Crippen molar-refractivity contribution in [2.75, 3.05) is 56.7 Å². The van der Waals surface area contributed by atoms with Gasteiger partial charge in [-0.05, 0) is 31.7 Å². The summed E-state index contributed by atoms with van der Waals surface area (Å²) in [5.41, 5.74) is 0. The average molecular weight is 354 g/mol. The van der Waals surface area contributed by atoms with Crippen molar-refractivity contribution < 1.29 is 21.6 Å². The fraction of sp³-hybridized carbons (Fsp3) is 1.00. The highest BCUT2D eigenvalue weighted by Gasteiger charge is 2.28. The molecule has 0 radical (unpaired) electrons. The first kappa shape index (κ1) is 18.1. The number of hydrogen-bond acceptors (Lipinski definition) is 6. The van der Waals surface area contributed by atoms with Crippen LogP contribution in [0.25, 0.3) is 0 Å². The number of nitrogens with one attached hydrogen (secondary N) is 1. The van der Waals surface area contributed by atoms with Gasteiger partial charge in [0.2, 0.25) is 10.0 Å². The molecule has 0 aromatic heterocycles. The molecule has 1 atom stereocenters. The van der Waals surface area contributed by atoms with Crippen LogP contribution >= 0.6 is 0 Å². The molecule has 0 aromatic carbocycles. The molecule has 2 saturated heterocycles. The molecule has 22 heavy (non-hydrogen) atoms. The smallest absolute Gasteiger partial charge is 0.211 e. The molecule has 1 N–H and O–H groups in total. The predicted molar refractivity (Wildman–Crippen MR) is 85.0 cm³/mol. The van der Waals surface area contributed by atoms with Crippen LogP contribution in [-0.2, 0) is 24.6 Å². The second kappa shape index (κ2) is 8.05. The summed E-state index contributed by atoms with van der Waals surface area (Å²) in [7, 11) is -6.22. The normalized spacial score (nSPS) is 26.3. The van der Waals surface area contributed by atoms with Crippen LogP contribution in [0.1, 0.15) is 19.3 Å². The lowest BCUT2D eigenvalue weighted by atomic mass is 10.1. The van der Waals surface area contributed by atoms with Crippen molar-refractivity contribution in [3.05, 3.63) is 0 Å². The number of rotatable bonds is 8. The molecular weight excluding hydrogens is 328 g/mol. The Balaban J connectivity index is 1.59. The molecule has 2 aliphatic heterocycles. The maximum absolute atomic E-state index is 11.9. The first-order valence-corrected chi connectivity index (χ1v) is 11.3. The van der Waals surface area contributed by atoms with Gasteiger partial charge in [-0.15, -0.1) is 0 Å². The van der Waals surface area contributed by atoms with Gasteiger partial charge in [0.05, 0.1) is 30.5 Å². The van der Waals surface area contributed by atoms with Crippen molar-refractivity contribution >= 4 is 19.9 Å². The molecule has 0 saturated carbocycles. The van der Waals surface area contributed by atoms with E-state index in [9.17, 15) is 16.8 Å². The van der Waals surface area contributed by atoms with Crippen LogP contribution < -0.4 is 4.72 Å². The molecule has 130 valence electrons. The summed E-state index contributed by atoms with van der Waals surface area (Å²) in [4.78, 5) is 2.27. The molecule has 0 spiro atoms. The van der Waals surface area contributed by atoms with Gasteiger partial charge in [0.25, 0.3) is 0 Å². The molecular formula is C13H26N2O5S2. The molecule has 2 heterocycles. The highest BCUT2D eigenvalue weighted by molar-refractivity contribution is 7.91. The van der Waals surface area contributed by atoms with E-state index in [1.54, 1.807) is 0 Å². The van der Waals surface area contributed by atoms with Crippen LogP contribution in [0.3, 0.4) is 0 Å². The molecule has 0 aromatic rings. The summed E-state index contributed by atoms with van der Waals surface area (Å²) in [5.74, 6) is 0.351. The number of nitrogens with zero attached hydrogens (tertiary/aromatic N) is 1. The maximum atomic E-state index is 11.9. The van der Waals surface area contributed by atoms with E-state index in [4.69, 9.17) is 4.74 Å². The fourth-order valence-corrected chi connectivity index (χ4v) is 6.00. The maximum Gasteiger partial charge on any atom is 0.211 e. The van der Waals surface area contributed by atoms with Crippen molar-refractivity contribution in [1.29, 1.82) is 0 Å². The Bertz CT molecular complexity index is 541. The van der Waals surface area contributed by atoms with Crippen LogP contribution in [0.2, 0.25) is 0 Å². The van der Waals surface area contributed by atoms with E-state index in [1.807, 2.05) is 0 Å². The van der Waals surface area contributed by atoms with Crippen molar-refractivity contribution in [2.24, 2.45) is 5.92 Å². The van der Waals surface area contributed by atoms with E-state index in [1.165, 1.54) is 0 Å². The zero-order valence-electron chi connectivity index (χ0n) is 12.9. The quantitative estimate of drug-likeness (QED) is 0.588. The summed E-state index contributed by atoms with van der Waals surface area (Å²) in [6.07, 6.45) is 1.80. The van der Waals surface area contributed by atoms with E-state index in [2.05, 4.69) is 9.62 Å². The molecule has 1 unspecified atom stereocenters. The second-order valence-corrected chi connectivity index (χ2v) is 10.2. The van der Waals surface area contributed by atoms with Gasteiger partial charge in [-0.3, -0.25) is 4.90 Å². The summed E-state index contributed by atoms with van der Waals surface area (Å²) in [6.45, 7) is 4.60. The lowest BCUT2D eigenvalue weighted by Gasteiger charge is -2.26. The van der Waals surface area contributed by atoms with E-state index < -0.39 is 19.9 Å². The van der Waals surface area contributed by atoms with Gasteiger partial charge in [-0.1, -0.05) is 0 Å². The lowest BCUT2D eigenvalue weighted by Crippen LogP contribution is -2.38. The molecule has 2 fully saturated rings. The van der Waals surface area contributed by atoms with Crippen LogP contribution in [-0.4, -0.2) is 78.4 Å². The number of sulfone groups is 1. The summed E-state index contributed by atoms with van der Waals surface area (Å²) < 4.78 is 54.4. The molecule has 7 nitrogen and oxygen atoms in total. The minimum Gasteiger partial charge on any atom is -0.379 e. The highest BCUT2D eigenvalue weighted by Crippen LogP contribution is 2.21. The summed E-state index contributed by atoms with van der Waals surface area (Å²) in [5, 5.41) is 0. The Morgan fingerprint density at radius 2 is 1.95 bits per heavy atom. The Labute approximate surface area is 133 Å². The van der Waals surface area contributed by atoms with Crippen molar-refractivity contribution in [1.82, 2.24) is 9.62 Å². The molecule has 0 amide bonds. The molecule has 2 aliphatic rings. The minimum atomic E-state index is -3.30. The van der Waals surface area contributed by atoms with E-state index in [-0.39, 0.29) is 23.2 Å². The van der Waals surface area contributed by atoms with Crippen LogP contribution in [0.4, 0.5) is 0 Å². The minimum absolute atomic E-state index is 0.00470. The Hall–Kier alpha value is -0.220. The Kier molecular flexibility index (Phi) is 6.63. The van der Waals surface area contributed by atoms with Gasteiger partial charge >= 0.3 is 0 Å². The number of ether oxygens (including phenoxy) is 1. The number of morpholine rings is 1.